The Morgan fingerprint density at radius 3 is 3.13 bits per heavy atom. The number of nitrogens with zero attached hydrogens (tertiary/aromatic N) is 1. The summed E-state index contributed by atoms with van der Waals surface area (Å²) in [6.45, 7) is 2.78. The molecular formula is C11H18N2O2. The van der Waals surface area contributed by atoms with E-state index >= 15 is 0 Å². The Bertz CT molecular complexity index is 303. The van der Waals surface area contributed by atoms with Gasteiger partial charge < -0.3 is 14.9 Å². The van der Waals surface area contributed by atoms with Gasteiger partial charge in [0.05, 0.1) is 18.3 Å². The zero-order valence-corrected chi connectivity index (χ0v) is 9.11. The average molecular weight is 210 g/mol. The quantitative estimate of drug-likeness (QED) is 0.823. The Kier molecular flexibility index (Phi) is 3.38. The molecule has 2 heterocycles. The first-order valence-electron chi connectivity index (χ1n) is 5.57. The minimum Gasteiger partial charge on any atom is -0.444 e. The van der Waals surface area contributed by atoms with Gasteiger partial charge in [0.15, 0.2) is 0 Å². The van der Waals surface area contributed by atoms with Crippen LogP contribution in [0.5, 0.6) is 0 Å². The molecule has 4 heteroatoms. The van der Waals surface area contributed by atoms with E-state index in [4.69, 9.17) is 14.9 Å². The molecule has 1 aromatic rings. The van der Waals surface area contributed by atoms with Gasteiger partial charge in [0.2, 0.25) is 5.89 Å². The van der Waals surface area contributed by atoms with Gasteiger partial charge in [0.25, 0.3) is 0 Å². The lowest BCUT2D eigenvalue weighted by atomic mass is 10.1. The minimum atomic E-state index is -0.124. The first-order chi connectivity index (χ1) is 7.25. The second-order valence-electron chi connectivity index (χ2n) is 4.13. The fourth-order valence-electron chi connectivity index (χ4n) is 1.82. The van der Waals surface area contributed by atoms with Gasteiger partial charge in [0, 0.05) is 13.0 Å². The molecule has 1 aliphatic heterocycles. The maximum atomic E-state index is 5.66. The molecule has 84 valence electrons. The van der Waals surface area contributed by atoms with Crippen molar-refractivity contribution in [1.29, 1.82) is 0 Å². The summed E-state index contributed by atoms with van der Waals surface area (Å²) in [7, 11) is 0. The Morgan fingerprint density at radius 1 is 1.67 bits per heavy atom. The van der Waals surface area contributed by atoms with E-state index in [0.717, 1.165) is 25.2 Å². The van der Waals surface area contributed by atoms with Crippen LogP contribution in [0.1, 0.15) is 43.9 Å². The highest BCUT2D eigenvalue weighted by Crippen LogP contribution is 2.19. The number of ether oxygens (including phenoxy) is 1. The first kappa shape index (κ1) is 10.6. The predicted octanol–water partition coefficient (Wildman–Crippen LogP) is 1.81. The molecule has 15 heavy (non-hydrogen) atoms. The molecule has 2 N–H and O–H groups in total. The van der Waals surface area contributed by atoms with Crippen molar-refractivity contribution in [2.24, 2.45) is 5.73 Å². The standard InChI is InChI=1S/C11H18N2O2/c1-8(12)11-13-7-10(15-11)5-4-9-3-2-6-14-9/h7-9H,2-6,12H2,1H3. The monoisotopic (exact) mass is 210 g/mol. The molecule has 0 amide bonds. The fraction of sp³-hybridized carbons (Fsp3) is 0.727. The lowest BCUT2D eigenvalue weighted by molar-refractivity contribution is 0.103. The summed E-state index contributed by atoms with van der Waals surface area (Å²) in [6.07, 6.45) is 6.46. The molecule has 0 spiro atoms. The van der Waals surface area contributed by atoms with Crippen LogP contribution in [0.25, 0.3) is 0 Å². The molecule has 0 radical (unpaired) electrons. The van der Waals surface area contributed by atoms with Crippen LogP contribution in [0, 0.1) is 0 Å². The van der Waals surface area contributed by atoms with Crippen molar-refractivity contribution in [2.45, 2.75) is 44.8 Å². The summed E-state index contributed by atoms with van der Waals surface area (Å²) in [5.74, 6) is 1.54. The Labute approximate surface area is 89.8 Å². The van der Waals surface area contributed by atoms with E-state index in [1.165, 1.54) is 12.8 Å². The number of nitrogens with two attached hydrogens (primary N) is 1. The largest absolute Gasteiger partial charge is 0.444 e. The highest BCUT2D eigenvalue weighted by atomic mass is 16.5. The third-order valence-electron chi connectivity index (χ3n) is 2.70. The van der Waals surface area contributed by atoms with Crippen molar-refractivity contribution in [2.75, 3.05) is 6.61 Å². The Morgan fingerprint density at radius 2 is 2.53 bits per heavy atom. The van der Waals surface area contributed by atoms with Crippen LogP contribution < -0.4 is 5.73 Å². The second-order valence-corrected chi connectivity index (χ2v) is 4.13. The summed E-state index contributed by atoms with van der Waals surface area (Å²) >= 11 is 0. The van der Waals surface area contributed by atoms with Gasteiger partial charge in [-0.25, -0.2) is 4.98 Å². The second kappa shape index (κ2) is 4.77. The molecule has 0 aliphatic carbocycles. The van der Waals surface area contributed by atoms with Crippen molar-refractivity contribution in [1.82, 2.24) is 4.98 Å². The molecule has 2 rings (SSSR count). The third kappa shape index (κ3) is 2.79. The Balaban J connectivity index is 1.82. The van der Waals surface area contributed by atoms with Crippen LogP contribution in [0.4, 0.5) is 0 Å². The van der Waals surface area contributed by atoms with Crippen LogP contribution in [-0.2, 0) is 11.2 Å². The van der Waals surface area contributed by atoms with Crippen LogP contribution in [-0.4, -0.2) is 17.7 Å². The van der Waals surface area contributed by atoms with Gasteiger partial charge in [-0.15, -0.1) is 0 Å². The van der Waals surface area contributed by atoms with E-state index in [2.05, 4.69) is 4.98 Å². The van der Waals surface area contributed by atoms with Crippen LogP contribution >= 0.6 is 0 Å². The van der Waals surface area contributed by atoms with E-state index in [1.807, 2.05) is 6.92 Å². The van der Waals surface area contributed by atoms with Gasteiger partial charge in [-0.2, -0.15) is 0 Å². The SMILES string of the molecule is CC(N)c1ncc(CCC2CCCO2)o1. The summed E-state index contributed by atoms with van der Waals surface area (Å²) in [6, 6.07) is -0.124. The van der Waals surface area contributed by atoms with E-state index in [-0.39, 0.29) is 6.04 Å². The van der Waals surface area contributed by atoms with E-state index in [1.54, 1.807) is 6.20 Å². The first-order valence-corrected chi connectivity index (χ1v) is 5.57. The zero-order valence-electron chi connectivity index (χ0n) is 9.11. The minimum absolute atomic E-state index is 0.124. The molecule has 2 atom stereocenters. The van der Waals surface area contributed by atoms with Crippen LogP contribution in [0.3, 0.4) is 0 Å². The van der Waals surface area contributed by atoms with Crippen molar-refractivity contribution >= 4 is 0 Å². The lowest BCUT2D eigenvalue weighted by Crippen LogP contribution is -2.06. The summed E-state index contributed by atoms with van der Waals surface area (Å²) in [4.78, 5) is 4.13. The van der Waals surface area contributed by atoms with E-state index in [9.17, 15) is 0 Å². The molecule has 4 nitrogen and oxygen atoms in total. The number of hydrogen-bond donors (Lipinski definition) is 1. The van der Waals surface area contributed by atoms with E-state index < -0.39 is 0 Å². The molecule has 1 aromatic heterocycles. The highest BCUT2D eigenvalue weighted by Gasteiger charge is 2.16. The number of aromatic nitrogens is 1. The highest BCUT2D eigenvalue weighted by molar-refractivity contribution is 4.97. The number of rotatable bonds is 4. The predicted molar refractivity (Wildman–Crippen MR) is 56.4 cm³/mol. The number of aryl methyl sites for hydroxylation is 1. The van der Waals surface area contributed by atoms with Gasteiger partial charge in [0.1, 0.15) is 5.76 Å². The third-order valence-corrected chi connectivity index (χ3v) is 2.70. The van der Waals surface area contributed by atoms with Crippen molar-refractivity contribution in [3.8, 4) is 0 Å². The summed E-state index contributed by atoms with van der Waals surface area (Å²) < 4.78 is 11.1. The van der Waals surface area contributed by atoms with Crippen molar-refractivity contribution < 1.29 is 9.15 Å². The Hall–Kier alpha value is -0.870. The maximum Gasteiger partial charge on any atom is 0.210 e. The normalized spacial score (nSPS) is 23.2. The van der Waals surface area contributed by atoms with Crippen molar-refractivity contribution in [3.63, 3.8) is 0 Å². The zero-order chi connectivity index (χ0) is 10.7. The van der Waals surface area contributed by atoms with Gasteiger partial charge in [-0.05, 0) is 26.2 Å². The molecule has 2 unspecified atom stereocenters. The van der Waals surface area contributed by atoms with Crippen molar-refractivity contribution in [3.05, 3.63) is 17.8 Å². The fourth-order valence-corrected chi connectivity index (χ4v) is 1.82. The number of hydrogen-bond acceptors (Lipinski definition) is 4. The van der Waals surface area contributed by atoms with Gasteiger partial charge >= 0.3 is 0 Å². The number of oxazole rings is 1. The van der Waals surface area contributed by atoms with E-state index in [0.29, 0.717) is 12.0 Å². The molecule has 0 bridgehead atoms. The molecule has 1 aliphatic rings. The van der Waals surface area contributed by atoms with Gasteiger partial charge in [-0.3, -0.25) is 0 Å². The van der Waals surface area contributed by atoms with Gasteiger partial charge in [-0.1, -0.05) is 0 Å². The average Bonchev–Trinajstić information content (AvgIpc) is 2.86. The molecule has 1 saturated heterocycles. The van der Waals surface area contributed by atoms with Crippen LogP contribution in [0.2, 0.25) is 0 Å². The summed E-state index contributed by atoms with van der Waals surface area (Å²) in [5, 5.41) is 0. The molecule has 0 saturated carbocycles. The molecule has 0 aromatic carbocycles. The topological polar surface area (TPSA) is 61.3 Å². The summed E-state index contributed by atoms with van der Waals surface area (Å²) in [5.41, 5.74) is 5.66. The lowest BCUT2D eigenvalue weighted by Gasteiger charge is -2.06. The molecule has 1 fully saturated rings. The maximum absolute atomic E-state index is 5.66. The smallest absolute Gasteiger partial charge is 0.210 e. The van der Waals surface area contributed by atoms with Crippen LogP contribution in [0.15, 0.2) is 10.6 Å². The molecular weight excluding hydrogens is 192 g/mol.